The molecular formula is C19H23NO3. The predicted octanol–water partition coefficient (Wildman–Crippen LogP) is 2.91. The molecule has 0 saturated heterocycles. The summed E-state index contributed by atoms with van der Waals surface area (Å²) in [5.74, 6) is -0.00251. The molecule has 2 rings (SSSR count). The molecule has 0 fully saturated rings. The monoisotopic (exact) mass is 313 g/mol. The first-order chi connectivity index (χ1) is 11.1. The quantitative estimate of drug-likeness (QED) is 0.787. The van der Waals surface area contributed by atoms with Gasteiger partial charge in [-0.05, 0) is 43.0 Å². The van der Waals surface area contributed by atoms with Crippen molar-refractivity contribution >= 4 is 5.97 Å². The van der Waals surface area contributed by atoms with Gasteiger partial charge in [-0.2, -0.15) is 0 Å². The molecule has 0 heterocycles. The average Bonchev–Trinajstić information content (AvgIpc) is 2.56. The Hall–Kier alpha value is -2.33. The number of nitrogens with one attached hydrogen (secondary N) is 1. The molecule has 1 unspecified atom stereocenters. The fraction of sp³-hybridized carbons (Fsp3) is 0.316. The number of methoxy groups -OCH3 is 1. The van der Waals surface area contributed by atoms with Crippen LogP contribution in [0.25, 0.3) is 0 Å². The number of ether oxygens (including phenoxy) is 1. The van der Waals surface area contributed by atoms with E-state index < -0.39 is 12.0 Å². The molecule has 0 aliphatic carbocycles. The lowest BCUT2D eigenvalue weighted by Gasteiger charge is -2.20. The average molecular weight is 313 g/mol. The summed E-state index contributed by atoms with van der Waals surface area (Å²) in [5, 5.41) is 12.6. The van der Waals surface area contributed by atoms with Crippen LogP contribution in [0.4, 0.5) is 0 Å². The van der Waals surface area contributed by atoms with Crippen molar-refractivity contribution < 1.29 is 14.6 Å². The molecule has 2 aromatic rings. The molecule has 0 radical (unpaired) electrons. The van der Waals surface area contributed by atoms with E-state index in [0.717, 1.165) is 23.3 Å². The summed E-state index contributed by atoms with van der Waals surface area (Å²) < 4.78 is 5.14. The third kappa shape index (κ3) is 5.42. The summed E-state index contributed by atoms with van der Waals surface area (Å²) >= 11 is 0. The van der Waals surface area contributed by atoms with Crippen molar-refractivity contribution in [3.8, 4) is 5.75 Å². The highest BCUT2D eigenvalue weighted by Crippen LogP contribution is 2.13. The van der Waals surface area contributed by atoms with Gasteiger partial charge < -0.3 is 15.2 Å². The van der Waals surface area contributed by atoms with E-state index in [1.54, 1.807) is 7.11 Å². The first kappa shape index (κ1) is 17.0. The first-order valence-corrected chi connectivity index (χ1v) is 7.74. The number of hydrogen-bond acceptors (Lipinski definition) is 3. The van der Waals surface area contributed by atoms with Crippen molar-refractivity contribution in [2.75, 3.05) is 7.11 Å². The molecule has 0 bridgehead atoms. The summed E-state index contributed by atoms with van der Waals surface area (Å²) in [5.41, 5.74) is 2.17. The minimum absolute atomic E-state index is 0.0632. The number of carboxylic acids is 1. The van der Waals surface area contributed by atoms with Gasteiger partial charge in [0, 0.05) is 6.04 Å². The van der Waals surface area contributed by atoms with Crippen LogP contribution in [0.2, 0.25) is 0 Å². The van der Waals surface area contributed by atoms with Gasteiger partial charge in [0.2, 0.25) is 0 Å². The van der Waals surface area contributed by atoms with Crippen LogP contribution in [0.5, 0.6) is 5.75 Å². The Labute approximate surface area is 137 Å². The lowest BCUT2D eigenvalue weighted by molar-refractivity contribution is -0.139. The Bertz CT molecular complexity index is 610. The summed E-state index contributed by atoms with van der Waals surface area (Å²) in [7, 11) is 1.64. The van der Waals surface area contributed by atoms with Crippen molar-refractivity contribution in [3.63, 3.8) is 0 Å². The van der Waals surface area contributed by atoms with Crippen LogP contribution < -0.4 is 10.1 Å². The van der Waals surface area contributed by atoms with E-state index in [1.165, 1.54) is 0 Å². The highest BCUT2D eigenvalue weighted by atomic mass is 16.5. The maximum absolute atomic E-state index is 11.5. The normalized spacial score (nSPS) is 13.3. The first-order valence-electron chi connectivity index (χ1n) is 7.74. The van der Waals surface area contributed by atoms with Crippen LogP contribution >= 0.6 is 0 Å². The van der Waals surface area contributed by atoms with Gasteiger partial charge in [-0.3, -0.25) is 4.79 Å². The van der Waals surface area contributed by atoms with Gasteiger partial charge in [-0.15, -0.1) is 0 Å². The molecule has 0 saturated carbocycles. The van der Waals surface area contributed by atoms with Crippen LogP contribution in [0, 0.1) is 0 Å². The fourth-order valence-corrected chi connectivity index (χ4v) is 2.58. The van der Waals surface area contributed by atoms with Gasteiger partial charge in [0.05, 0.1) is 7.11 Å². The summed E-state index contributed by atoms with van der Waals surface area (Å²) in [6.07, 6.45) is 1.24. The second-order valence-corrected chi connectivity index (χ2v) is 5.70. The van der Waals surface area contributed by atoms with Crippen molar-refractivity contribution in [2.45, 2.75) is 31.8 Å². The van der Waals surface area contributed by atoms with Crippen LogP contribution in [-0.4, -0.2) is 30.3 Å². The molecule has 2 aromatic carbocycles. The lowest BCUT2D eigenvalue weighted by atomic mass is 10.0. The van der Waals surface area contributed by atoms with Crippen molar-refractivity contribution in [1.82, 2.24) is 5.32 Å². The lowest BCUT2D eigenvalue weighted by Crippen LogP contribution is -2.44. The van der Waals surface area contributed by atoms with E-state index in [2.05, 4.69) is 5.32 Å². The van der Waals surface area contributed by atoms with Crippen molar-refractivity contribution in [2.24, 2.45) is 0 Å². The molecule has 0 spiro atoms. The number of hydrogen-bond donors (Lipinski definition) is 2. The van der Waals surface area contributed by atoms with E-state index in [-0.39, 0.29) is 6.04 Å². The third-order valence-electron chi connectivity index (χ3n) is 3.77. The van der Waals surface area contributed by atoms with Gasteiger partial charge in [-0.1, -0.05) is 42.5 Å². The smallest absolute Gasteiger partial charge is 0.321 e. The second-order valence-electron chi connectivity index (χ2n) is 5.70. The molecule has 0 amide bonds. The van der Waals surface area contributed by atoms with Gasteiger partial charge in [-0.25, -0.2) is 0 Å². The van der Waals surface area contributed by atoms with Crippen LogP contribution in [0.1, 0.15) is 18.1 Å². The number of aliphatic carboxylic acids is 1. The molecular weight excluding hydrogens is 290 g/mol. The highest BCUT2D eigenvalue weighted by Gasteiger charge is 2.20. The second kappa shape index (κ2) is 8.34. The maximum atomic E-state index is 11.5. The standard InChI is InChI=1S/C19H23NO3/c1-14(12-16-8-10-17(23-2)11-9-16)20-18(19(21)22)13-15-6-4-3-5-7-15/h3-11,14,18,20H,12-13H2,1-2H3,(H,21,22)/t14?,18-/m1/s1. The Kier molecular flexibility index (Phi) is 6.18. The molecule has 23 heavy (non-hydrogen) atoms. The molecule has 4 heteroatoms. The summed E-state index contributed by atoms with van der Waals surface area (Å²) in [6, 6.07) is 17.0. The number of carbonyl (C=O) groups is 1. The van der Waals surface area contributed by atoms with Gasteiger partial charge in [0.15, 0.2) is 0 Å². The van der Waals surface area contributed by atoms with Crippen LogP contribution in [0.15, 0.2) is 54.6 Å². The number of benzene rings is 2. The van der Waals surface area contributed by atoms with Gasteiger partial charge in [0.25, 0.3) is 0 Å². The highest BCUT2D eigenvalue weighted by molar-refractivity contribution is 5.74. The Balaban J connectivity index is 1.94. The fourth-order valence-electron chi connectivity index (χ4n) is 2.58. The van der Waals surface area contributed by atoms with Gasteiger partial charge in [0.1, 0.15) is 11.8 Å². The Morgan fingerprint density at radius 3 is 2.22 bits per heavy atom. The number of carboxylic acid groups (broad SMARTS) is 1. The summed E-state index contributed by atoms with van der Waals surface area (Å²) in [4.78, 5) is 11.5. The molecule has 122 valence electrons. The number of rotatable bonds is 8. The van der Waals surface area contributed by atoms with Crippen LogP contribution in [0.3, 0.4) is 0 Å². The van der Waals surface area contributed by atoms with E-state index in [1.807, 2.05) is 61.5 Å². The zero-order valence-electron chi connectivity index (χ0n) is 13.5. The Morgan fingerprint density at radius 2 is 1.65 bits per heavy atom. The van der Waals surface area contributed by atoms with Crippen molar-refractivity contribution in [3.05, 3.63) is 65.7 Å². The zero-order valence-corrected chi connectivity index (χ0v) is 13.5. The third-order valence-corrected chi connectivity index (χ3v) is 3.77. The topological polar surface area (TPSA) is 58.6 Å². The molecule has 2 atom stereocenters. The molecule has 4 nitrogen and oxygen atoms in total. The minimum Gasteiger partial charge on any atom is -0.497 e. The maximum Gasteiger partial charge on any atom is 0.321 e. The van der Waals surface area contributed by atoms with E-state index in [4.69, 9.17) is 4.74 Å². The largest absolute Gasteiger partial charge is 0.497 e. The SMILES string of the molecule is COc1ccc(CC(C)N[C@H](Cc2ccccc2)C(=O)O)cc1. The summed E-state index contributed by atoms with van der Waals surface area (Å²) in [6.45, 7) is 2.01. The van der Waals surface area contributed by atoms with Crippen LogP contribution in [-0.2, 0) is 17.6 Å². The Morgan fingerprint density at radius 1 is 1.04 bits per heavy atom. The molecule has 2 N–H and O–H groups in total. The molecule has 0 aliphatic heterocycles. The molecule has 0 aliphatic rings. The zero-order chi connectivity index (χ0) is 16.7. The van der Waals surface area contributed by atoms with E-state index in [9.17, 15) is 9.90 Å². The minimum atomic E-state index is -0.824. The van der Waals surface area contributed by atoms with Gasteiger partial charge >= 0.3 is 5.97 Å². The predicted molar refractivity (Wildman–Crippen MR) is 90.9 cm³/mol. The van der Waals surface area contributed by atoms with Crippen molar-refractivity contribution in [1.29, 1.82) is 0 Å². The molecule has 0 aromatic heterocycles. The van der Waals surface area contributed by atoms with E-state index >= 15 is 0 Å². The van der Waals surface area contributed by atoms with E-state index in [0.29, 0.717) is 6.42 Å².